The van der Waals surface area contributed by atoms with E-state index in [-0.39, 0.29) is 18.6 Å². The minimum Gasteiger partial charge on any atom is -0.411 e. The fourth-order valence-corrected chi connectivity index (χ4v) is 6.82. The minimum absolute atomic E-state index is 0.0445. The normalized spacial score (nSPS) is 13.6. The zero-order chi connectivity index (χ0) is 24.5. The van der Waals surface area contributed by atoms with Crippen LogP contribution in [0.15, 0.2) is 54.6 Å². The lowest BCUT2D eigenvalue weighted by atomic mass is 9.30. The van der Waals surface area contributed by atoms with Gasteiger partial charge in [-0.3, -0.25) is 0 Å². The second-order valence-electron chi connectivity index (χ2n) is 11.0. The first kappa shape index (κ1) is 25.5. The van der Waals surface area contributed by atoms with Crippen molar-refractivity contribution in [2.24, 2.45) is 0 Å². The van der Waals surface area contributed by atoms with Gasteiger partial charge in [0.05, 0.1) is 6.10 Å². The Hall–Kier alpha value is -2.10. The monoisotopic (exact) mass is 456 g/mol. The van der Waals surface area contributed by atoms with Gasteiger partial charge in [-0.05, 0) is 72.6 Å². The number of rotatable bonds is 7. The summed E-state index contributed by atoms with van der Waals surface area (Å²) in [6, 6.07) is 20.2. The largest absolute Gasteiger partial charge is 0.411 e. The second-order valence-corrected chi connectivity index (χ2v) is 15.5. The lowest BCUT2D eigenvalue weighted by Crippen LogP contribution is -2.52. The second kappa shape index (κ2) is 10.0. The summed E-state index contributed by atoms with van der Waals surface area (Å²) in [5, 5.41) is 0. The Morgan fingerprint density at radius 3 is 1.42 bits per heavy atom. The van der Waals surface area contributed by atoms with E-state index in [1.165, 1.54) is 49.9 Å². The molecule has 0 spiro atoms. The van der Waals surface area contributed by atoms with E-state index in [0.29, 0.717) is 0 Å². The average Bonchev–Trinajstić information content (AvgIpc) is 2.69. The summed E-state index contributed by atoms with van der Waals surface area (Å²) in [6.45, 7) is 23.1. The first-order valence-corrected chi connectivity index (χ1v) is 15.7. The molecular formula is C30H41BOSi. The third-order valence-corrected chi connectivity index (χ3v) is 7.67. The van der Waals surface area contributed by atoms with Crippen LogP contribution in [0.1, 0.15) is 52.0 Å². The van der Waals surface area contributed by atoms with E-state index in [2.05, 4.69) is 123 Å². The maximum atomic E-state index is 6.96. The lowest BCUT2D eigenvalue weighted by molar-refractivity contribution is 0.192. The Kier molecular flexibility index (Phi) is 7.76. The van der Waals surface area contributed by atoms with Gasteiger partial charge in [-0.25, -0.2) is 0 Å². The van der Waals surface area contributed by atoms with Gasteiger partial charge in [0.1, 0.15) is 0 Å². The van der Waals surface area contributed by atoms with Crippen molar-refractivity contribution >= 4 is 26.0 Å². The molecule has 0 amide bonds. The van der Waals surface area contributed by atoms with E-state index >= 15 is 0 Å². The summed E-state index contributed by atoms with van der Waals surface area (Å²) in [7, 11) is -1.79. The van der Waals surface area contributed by atoms with E-state index < -0.39 is 8.32 Å². The maximum absolute atomic E-state index is 6.96. The van der Waals surface area contributed by atoms with Crippen LogP contribution in [-0.2, 0) is 4.43 Å². The summed E-state index contributed by atoms with van der Waals surface area (Å²) >= 11 is 0. The van der Waals surface area contributed by atoms with Gasteiger partial charge in [0.15, 0.2) is 8.32 Å². The van der Waals surface area contributed by atoms with Gasteiger partial charge >= 0.3 is 0 Å². The van der Waals surface area contributed by atoms with Gasteiger partial charge in [-0.15, -0.1) is 0 Å². The fourth-order valence-electron chi connectivity index (χ4n) is 5.71. The molecule has 2 unspecified atom stereocenters. The molecule has 0 heterocycles. The topological polar surface area (TPSA) is 9.23 Å². The van der Waals surface area contributed by atoms with Crippen molar-refractivity contribution in [2.75, 3.05) is 0 Å². The third-order valence-electron chi connectivity index (χ3n) is 6.71. The zero-order valence-corrected chi connectivity index (χ0v) is 23.3. The zero-order valence-electron chi connectivity index (χ0n) is 22.3. The van der Waals surface area contributed by atoms with Crippen molar-refractivity contribution in [3.8, 4) is 0 Å². The first-order chi connectivity index (χ1) is 15.4. The molecule has 33 heavy (non-hydrogen) atoms. The Morgan fingerprint density at radius 2 is 1.06 bits per heavy atom. The summed E-state index contributed by atoms with van der Waals surface area (Å²) in [4.78, 5) is 0. The molecule has 3 heteroatoms. The predicted octanol–water partition coefficient (Wildman–Crippen LogP) is 7.13. The van der Waals surface area contributed by atoms with Crippen molar-refractivity contribution in [3.05, 3.63) is 93.5 Å². The number of aryl methyl sites for hydroxylation is 6. The Balaban J connectivity index is 2.29. The highest BCUT2D eigenvalue weighted by Crippen LogP contribution is 2.36. The van der Waals surface area contributed by atoms with Crippen LogP contribution in [0.4, 0.5) is 0 Å². The van der Waals surface area contributed by atoms with Crippen LogP contribution in [0.3, 0.4) is 0 Å². The van der Waals surface area contributed by atoms with Gasteiger partial charge in [0.25, 0.3) is 0 Å². The quantitative estimate of drug-likeness (QED) is 0.344. The van der Waals surface area contributed by atoms with Gasteiger partial charge < -0.3 is 4.43 Å². The van der Waals surface area contributed by atoms with Gasteiger partial charge in [0.2, 0.25) is 6.71 Å². The lowest BCUT2D eigenvalue weighted by Gasteiger charge is -2.37. The molecule has 0 aliphatic carbocycles. The van der Waals surface area contributed by atoms with Crippen LogP contribution in [-0.4, -0.2) is 15.0 Å². The number of benzene rings is 3. The van der Waals surface area contributed by atoms with E-state index in [9.17, 15) is 0 Å². The van der Waals surface area contributed by atoms with Gasteiger partial charge in [-0.1, -0.05) is 106 Å². The average molecular weight is 457 g/mol. The molecule has 0 fully saturated rings. The Labute approximate surface area is 203 Å². The van der Waals surface area contributed by atoms with E-state index in [0.717, 1.165) is 0 Å². The van der Waals surface area contributed by atoms with Gasteiger partial charge in [0, 0.05) is 0 Å². The predicted molar refractivity (Wildman–Crippen MR) is 149 cm³/mol. The van der Waals surface area contributed by atoms with Crippen LogP contribution < -0.4 is 10.9 Å². The van der Waals surface area contributed by atoms with E-state index in [1.807, 2.05) is 0 Å². The summed E-state index contributed by atoms with van der Waals surface area (Å²) in [5.41, 5.74) is 12.4. The molecule has 0 N–H and O–H groups in total. The van der Waals surface area contributed by atoms with Crippen molar-refractivity contribution in [1.82, 2.24) is 0 Å². The summed E-state index contributed by atoms with van der Waals surface area (Å²) < 4.78 is 6.96. The minimum atomic E-state index is -1.79. The molecule has 0 radical (unpaired) electrons. The highest BCUT2D eigenvalue weighted by molar-refractivity contribution is 6.87. The molecule has 0 bridgehead atoms. The van der Waals surface area contributed by atoms with Crippen molar-refractivity contribution in [3.63, 3.8) is 0 Å². The van der Waals surface area contributed by atoms with Crippen LogP contribution in [0.5, 0.6) is 0 Å². The molecule has 2 atom stereocenters. The number of hydrogen-bond acceptors (Lipinski definition) is 1. The highest BCUT2D eigenvalue weighted by atomic mass is 28.4. The standard InChI is InChI=1S/C30H41BOSi/c1-20-16-22(3)28(23(4)17-20)31(29-24(5)18-21(2)19-25(29)6)26(7)30(32-33(8,9)10)27-14-12-11-13-15-27/h11-19,26,30H,1-10H3. The SMILES string of the molecule is Cc1cc(C)c(B(c2c(C)cc(C)cc2C)C(C)C(O[Si](C)(C)C)c2ccccc2)c(C)c1. The highest BCUT2D eigenvalue weighted by Gasteiger charge is 2.38. The molecule has 174 valence electrons. The van der Waals surface area contributed by atoms with Crippen LogP contribution in [0, 0.1) is 41.5 Å². The van der Waals surface area contributed by atoms with Crippen LogP contribution in [0.25, 0.3) is 0 Å². The number of hydrogen-bond donors (Lipinski definition) is 0. The smallest absolute Gasteiger partial charge is 0.216 e. The molecule has 3 aromatic rings. The summed E-state index contributed by atoms with van der Waals surface area (Å²) in [5.74, 6) is 0.277. The molecule has 0 aromatic heterocycles. The van der Waals surface area contributed by atoms with Gasteiger partial charge in [-0.2, -0.15) is 0 Å². The summed E-state index contributed by atoms with van der Waals surface area (Å²) in [6.07, 6.45) is 0.0445. The maximum Gasteiger partial charge on any atom is 0.216 e. The molecule has 0 aliphatic rings. The van der Waals surface area contributed by atoms with Crippen LogP contribution in [0.2, 0.25) is 25.5 Å². The Bertz CT molecular complexity index is 1010. The molecule has 3 rings (SSSR count). The van der Waals surface area contributed by atoms with Crippen LogP contribution >= 0.6 is 0 Å². The molecule has 0 saturated carbocycles. The first-order valence-electron chi connectivity index (χ1n) is 12.3. The molecule has 0 aliphatic heterocycles. The van der Waals surface area contributed by atoms with E-state index in [4.69, 9.17) is 4.43 Å². The third kappa shape index (κ3) is 5.88. The molecule has 0 saturated heterocycles. The molecule has 1 nitrogen and oxygen atoms in total. The fraction of sp³-hybridized carbons (Fsp3) is 0.400. The molecular weight excluding hydrogens is 415 g/mol. The van der Waals surface area contributed by atoms with Crippen molar-refractivity contribution in [1.29, 1.82) is 0 Å². The van der Waals surface area contributed by atoms with Crippen molar-refractivity contribution in [2.45, 2.75) is 80.0 Å². The van der Waals surface area contributed by atoms with E-state index in [1.54, 1.807) is 0 Å². The molecule has 3 aromatic carbocycles. The van der Waals surface area contributed by atoms with Crippen molar-refractivity contribution < 1.29 is 4.43 Å². The Morgan fingerprint density at radius 1 is 0.667 bits per heavy atom.